The predicted octanol–water partition coefficient (Wildman–Crippen LogP) is 10.3. The van der Waals surface area contributed by atoms with E-state index in [0.29, 0.717) is 16.0 Å². The normalized spacial score (nSPS) is 13.1. The van der Waals surface area contributed by atoms with Crippen molar-refractivity contribution >= 4 is 50.4 Å². The molecule has 0 saturated carbocycles. The molecule has 1 aliphatic heterocycles. The van der Waals surface area contributed by atoms with Crippen LogP contribution >= 0.6 is 0 Å². The van der Waals surface area contributed by atoms with Crippen LogP contribution in [0.15, 0.2) is 146 Å². The molecule has 0 N–H and O–H groups in total. The molecule has 8 aromatic rings. The van der Waals surface area contributed by atoms with Crippen molar-refractivity contribution in [2.24, 2.45) is 0 Å². The topological polar surface area (TPSA) is 43.2 Å². The SMILES string of the molecule is C[N+]1(C)c2ccccc2N(c2ccccc2)c2cc3c(cc21)c1cccnc1n3-c1[c-]c(Oc2[c-]c(-c3ccccn3)ccc2)ccc1.[Pd+2]. The fourth-order valence-corrected chi connectivity index (χ4v) is 6.90. The minimum Gasteiger partial charge on any atom is -0.503 e. The number of para-hydroxylation sites is 3. The molecule has 1 aliphatic rings. The molecule has 0 amide bonds. The number of benzene rings is 5. The van der Waals surface area contributed by atoms with Crippen LogP contribution in [0, 0.1) is 12.1 Å². The second-order valence-electron chi connectivity index (χ2n) is 12.3. The second-order valence-corrected chi connectivity index (χ2v) is 12.3. The van der Waals surface area contributed by atoms with Crippen LogP contribution < -0.4 is 14.1 Å². The van der Waals surface area contributed by atoms with E-state index in [1.54, 1.807) is 6.20 Å². The number of hydrogen-bond donors (Lipinski definition) is 0. The van der Waals surface area contributed by atoms with E-state index in [2.05, 4.69) is 120 Å². The maximum atomic E-state index is 6.35. The average Bonchev–Trinajstić information content (AvgIpc) is 3.46. The van der Waals surface area contributed by atoms with E-state index in [0.717, 1.165) is 55.9 Å². The number of anilines is 3. The minimum absolute atomic E-state index is 0. The summed E-state index contributed by atoms with van der Waals surface area (Å²) in [5, 5.41) is 2.21. The summed E-state index contributed by atoms with van der Waals surface area (Å²) < 4.78 is 9.15. The van der Waals surface area contributed by atoms with Crippen LogP contribution in [0.5, 0.6) is 11.5 Å². The van der Waals surface area contributed by atoms with Gasteiger partial charge in [-0.1, -0.05) is 54.2 Å². The van der Waals surface area contributed by atoms with Gasteiger partial charge < -0.3 is 14.3 Å². The molecule has 0 unspecified atom stereocenters. The summed E-state index contributed by atoms with van der Waals surface area (Å²) in [6.07, 6.45) is 3.63. The van der Waals surface area contributed by atoms with Gasteiger partial charge in [-0.3, -0.25) is 9.38 Å². The third kappa shape index (κ3) is 5.11. The van der Waals surface area contributed by atoms with Gasteiger partial charge in [-0.2, -0.15) is 6.07 Å². The molecular formula is C42H30N5OPd+. The molecule has 0 bridgehead atoms. The van der Waals surface area contributed by atoms with Crippen molar-refractivity contribution in [3.63, 3.8) is 0 Å². The van der Waals surface area contributed by atoms with Crippen LogP contribution in [0.4, 0.5) is 28.4 Å². The first kappa shape index (κ1) is 30.7. The van der Waals surface area contributed by atoms with Gasteiger partial charge in [0, 0.05) is 52.5 Å². The third-order valence-electron chi connectivity index (χ3n) is 9.13. The third-order valence-corrected chi connectivity index (χ3v) is 9.13. The van der Waals surface area contributed by atoms with Crippen molar-refractivity contribution in [2.45, 2.75) is 0 Å². The molecule has 0 radical (unpaired) electrons. The summed E-state index contributed by atoms with van der Waals surface area (Å²) in [5.74, 6) is 1.18. The van der Waals surface area contributed by atoms with Gasteiger partial charge in [-0.05, 0) is 48.2 Å². The standard InChI is InChI=1S/C42H30N5O.Pd/c1-47(2)40-22-7-6-21-37(40)45(30-14-4-3-5-15-30)39-28-38-35(27-41(39)47)34-19-12-24-44-42(34)46(38)31-16-11-18-33(26-31)48-32-17-10-13-29(25-32)36-20-8-9-23-43-36;/h3-24,27-28H,1-2H3;/q-1;+2. The van der Waals surface area contributed by atoms with Gasteiger partial charge in [-0.25, -0.2) is 4.98 Å². The largest absolute Gasteiger partial charge is 2.00 e. The van der Waals surface area contributed by atoms with E-state index in [9.17, 15) is 0 Å². The van der Waals surface area contributed by atoms with E-state index in [4.69, 9.17) is 9.72 Å². The molecule has 49 heavy (non-hydrogen) atoms. The van der Waals surface area contributed by atoms with Gasteiger partial charge in [0.2, 0.25) is 0 Å². The van der Waals surface area contributed by atoms with Crippen molar-refractivity contribution in [1.29, 1.82) is 0 Å². The molecule has 3 aromatic heterocycles. The Morgan fingerprint density at radius 1 is 0.612 bits per heavy atom. The molecule has 0 spiro atoms. The summed E-state index contributed by atoms with van der Waals surface area (Å²) in [7, 11) is 4.52. The fraction of sp³-hybridized carbons (Fsp3) is 0.0476. The maximum absolute atomic E-state index is 6.35. The molecule has 9 rings (SSSR count). The van der Waals surface area contributed by atoms with E-state index in [-0.39, 0.29) is 20.4 Å². The Hall–Kier alpha value is -5.58. The Kier molecular flexibility index (Phi) is 7.62. The maximum Gasteiger partial charge on any atom is 2.00 e. The monoisotopic (exact) mass is 726 g/mol. The Morgan fingerprint density at radius 3 is 2.20 bits per heavy atom. The molecule has 0 fully saturated rings. The Labute approximate surface area is 298 Å². The van der Waals surface area contributed by atoms with Crippen LogP contribution in [0.2, 0.25) is 0 Å². The Morgan fingerprint density at radius 2 is 1.37 bits per heavy atom. The van der Waals surface area contributed by atoms with Crippen LogP contribution in [-0.2, 0) is 20.4 Å². The molecule has 7 heteroatoms. The van der Waals surface area contributed by atoms with Crippen molar-refractivity contribution in [2.75, 3.05) is 19.0 Å². The number of pyridine rings is 2. The van der Waals surface area contributed by atoms with Crippen LogP contribution in [-0.4, -0.2) is 28.6 Å². The molecular weight excluding hydrogens is 697 g/mol. The molecule has 5 aromatic carbocycles. The second kappa shape index (κ2) is 12.1. The predicted molar refractivity (Wildman–Crippen MR) is 194 cm³/mol. The molecule has 4 heterocycles. The molecule has 0 aliphatic carbocycles. The van der Waals surface area contributed by atoms with Crippen LogP contribution in [0.1, 0.15) is 0 Å². The summed E-state index contributed by atoms with van der Waals surface area (Å²) in [6, 6.07) is 52.6. The van der Waals surface area contributed by atoms with Crippen LogP contribution in [0.3, 0.4) is 0 Å². The molecule has 238 valence electrons. The Balaban J connectivity index is 0.00000348. The first-order chi connectivity index (χ1) is 23.6. The van der Waals surface area contributed by atoms with Crippen LogP contribution in [0.25, 0.3) is 38.9 Å². The van der Waals surface area contributed by atoms with Crippen molar-refractivity contribution in [3.8, 4) is 28.4 Å². The van der Waals surface area contributed by atoms with Gasteiger partial charge >= 0.3 is 20.4 Å². The summed E-state index contributed by atoms with van der Waals surface area (Å²) in [6.45, 7) is 0. The van der Waals surface area contributed by atoms with E-state index >= 15 is 0 Å². The smallest absolute Gasteiger partial charge is 0.503 e. The van der Waals surface area contributed by atoms with E-state index < -0.39 is 0 Å². The number of nitrogens with zero attached hydrogens (tertiary/aromatic N) is 5. The Bertz CT molecular complexity index is 2480. The number of hydrogen-bond acceptors (Lipinski definition) is 4. The molecule has 0 atom stereocenters. The first-order valence-corrected chi connectivity index (χ1v) is 15.9. The zero-order valence-electron chi connectivity index (χ0n) is 26.8. The van der Waals surface area contributed by atoms with Gasteiger partial charge in [0.15, 0.2) is 11.4 Å². The van der Waals surface area contributed by atoms with Gasteiger partial charge in [0.05, 0.1) is 19.6 Å². The molecule has 6 nitrogen and oxygen atoms in total. The fourth-order valence-electron chi connectivity index (χ4n) is 6.90. The number of fused-ring (bicyclic) bond motifs is 5. The van der Waals surface area contributed by atoms with Gasteiger partial charge in [0.1, 0.15) is 17.0 Å². The van der Waals surface area contributed by atoms with Crippen molar-refractivity contribution in [1.82, 2.24) is 19.0 Å². The average molecular weight is 727 g/mol. The zero-order valence-corrected chi connectivity index (χ0v) is 28.4. The summed E-state index contributed by atoms with van der Waals surface area (Å²) >= 11 is 0. The van der Waals surface area contributed by atoms with E-state index in [1.165, 1.54) is 11.4 Å². The zero-order chi connectivity index (χ0) is 32.2. The van der Waals surface area contributed by atoms with Gasteiger partial charge in [-0.15, -0.1) is 42.0 Å². The summed E-state index contributed by atoms with van der Waals surface area (Å²) in [4.78, 5) is 11.7. The number of ether oxygens (including phenoxy) is 1. The number of aromatic nitrogens is 3. The molecule has 0 saturated heterocycles. The van der Waals surface area contributed by atoms with Crippen molar-refractivity contribution < 1.29 is 25.2 Å². The van der Waals surface area contributed by atoms with Gasteiger partial charge in [0.25, 0.3) is 0 Å². The first-order valence-electron chi connectivity index (χ1n) is 15.9. The minimum atomic E-state index is 0. The van der Waals surface area contributed by atoms with Crippen molar-refractivity contribution in [3.05, 3.63) is 158 Å². The summed E-state index contributed by atoms with van der Waals surface area (Å²) in [5.41, 5.74) is 10.3. The number of rotatable bonds is 5. The van der Waals surface area contributed by atoms with E-state index in [1.807, 2.05) is 60.8 Å². The quantitative estimate of drug-likeness (QED) is 0.101. The number of quaternary nitrogens is 1.